The second-order valence-corrected chi connectivity index (χ2v) is 7.61. The molecule has 0 radical (unpaired) electrons. The highest BCUT2D eigenvalue weighted by Gasteiger charge is 2.34. The molecule has 1 aromatic rings. The lowest BCUT2D eigenvalue weighted by atomic mass is 9.99. The van der Waals surface area contributed by atoms with Crippen LogP contribution in [0.1, 0.15) is 49.4 Å². The Kier molecular flexibility index (Phi) is 6.48. The van der Waals surface area contributed by atoms with Crippen molar-refractivity contribution in [2.45, 2.75) is 58.4 Å². The van der Waals surface area contributed by atoms with Crippen molar-refractivity contribution in [3.05, 3.63) is 17.0 Å². The summed E-state index contributed by atoms with van der Waals surface area (Å²) in [4.78, 5) is 15.0. The van der Waals surface area contributed by atoms with Gasteiger partial charge in [0, 0.05) is 55.9 Å². The topological polar surface area (TPSA) is 82.3 Å². The minimum Gasteiger partial charge on any atom is -0.373 e. The van der Waals surface area contributed by atoms with Crippen molar-refractivity contribution in [2.75, 3.05) is 26.2 Å². The molecule has 1 fully saturated rings. The van der Waals surface area contributed by atoms with Gasteiger partial charge in [-0.2, -0.15) is 5.10 Å². The number of nitrogens with one attached hydrogen (secondary N) is 3. The largest absolute Gasteiger partial charge is 0.373 e. The number of amides is 1. The Morgan fingerprint density at radius 2 is 2.04 bits per heavy atom. The van der Waals surface area contributed by atoms with Crippen LogP contribution in [0, 0.1) is 0 Å². The second kappa shape index (κ2) is 8.03. The Balaban J connectivity index is 0.00000225. The van der Waals surface area contributed by atoms with Gasteiger partial charge in [-0.15, -0.1) is 12.4 Å². The highest BCUT2D eigenvalue weighted by atomic mass is 35.5. The molecular weight excluding hydrogens is 342 g/mol. The quantitative estimate of drug-likeness (QED) is 0.738. The summed E-state index contributed by atoms with van der Waals surface area (Å²) in [7, 11) is 0. The third-order valence-corrected chi connectivity index (χ3v) is 4.98. The molecule has 0 aliphatic carbocycles. The van der Waals surface area contributed by atoms with E-state index in [1.54, 1.807) is 0 Å². The number of carbonyl (C=O) groups excluding carboxylic acids is 1. The second-order valence-electron chi connectivity index (χ2n) is 7.61. The van der Waals surface area contributed by atoms with E-state index in [1.165, 1.54) is 0 Å². The molecule has 0 saturated carbocycles. The Morgan fingerprint density at radius 3 is 2.72 bits per heavy atom. The Labute approximate surface area is 155 Å². The van der Waals surface area contributed by atoms with Gasteiger partial charge in [-0.05, 0) is 27.7 Å². The van der Waals surface area contributed by atoms with E-state index < -0.39 is 0 Å². The number of nitrogens with zero attached hydrogens (tertiary/aromatic N) is 2. The molecule has 142 valence electrons. The van der Waals surface area contributed by atoms with E-state index in [0.717, 1.165) is 37.3 Å². The number of hydrogen-bond donors (Lipinski definition) is 3. The van der Waals surface area contributed by atoms with Gasteiger partial charge in [0.15, 0.2) is 5.69 Å². The van der Waals surface area contributed by atoms with E-state index in [2.05, 4.69) is 53.4 Å². The SMILES string of the molecule is CC1CN(C(C)(C)CNC(=O)c2n[nH]c3c2CNCC3)CC(C)O1.Cl. The highest BCUT2D eigenvalue weighted by molar-refractivity contribution is 5.94. The first-order valence-electron chi connectivity index (χ1n) is 8.82. The number of aromatic amines is 1. The lowest BCUT2D eigenvalue weighted by molar-refractivity contribution is -0.0948. The molecule has 3 rings (SSSR count). The molecule has 2 unspecified atom stereocenters. The molecule has 0 aromatic carbocycles. The number of carbonyl (C=O) groups is 1. The average Bonchev–Trinajstić information content (AvgIpc) is 2.96. The van der Waals surface area contributed by atoms with Crippen molar-refractivity contribution in [3.8, 4) is 0 Å². The summed E-state index contributed by atoms with van der Waals surface area (Å²) in [6.07, 6.45) is 1.33. The molecule has 7 nitrogen and oxygen atoms in total. The molecule has 8 heteroatoms. The summed E-state index contributed by atoms with van der Waals surface area (Å²) in [6.45, 7) is 12.5. The molecule has 3 heterocycles. The number of fused-ring (bicyclic) bond motifs is 1. The number of halogens is 1. The van der Waals surface area contributed by atoms with Gasteiger partial charge in [-0.25, -0.2) is 0 Å². The number of morpholine rings is 1. The van der Waals surface area contributed by atoms with E-state index in [1.807, 2.05) is 0 Å². The van der Waals surface area contributed by atoms with Crippen molar-refractivity contribution < 1.29 is 9.53 Å². The molecule has 2 aliphatic rings. The third kappa shape index (κ3) is 4.53. The summed E-state index contributed by atoms with van der Waals surface area (Å²) >= 11 is 0. The molecule has 1 saturated heterocycles. The summed E-state index contributed by atoms with van der Waals surface area (Å²) in [5, 5.41) is 13.6. The predicted octanol–water partition coefficient (Wildman–Crippen LogP) is 1.09. The summed E-state index contributed by atoms with van der Waals surface area (Å²) < 4.78 is 5.81. The fourth-order valence-corrected chi connectivity index (χ4v) is 3.58. The van der Waals surface area contributed by atoms with Crippen LogP contribution < -0.4 is 10.6 Å². The lowest BCUT2D eigenvalue weighted by Gasteiger charge is -2.45. The van der Waals surface area contributed by atoms with Crippen molar-refractivity contribution >= 4 is 18.3 Å². The molecule has 1 aromatic heterocycles. The standard InChI is InChI=1S/C17H29N5O2.ClH/c1-11-8-22(9-12(2)24-11)17(3,4)10-19-16(23)15-13-7-18-6-5-14(13)20-21-15;/h11-12,18H,5-10H2,1-4H3,(H,19,23)(H,20,21);1H. The van der Waals surface area contributed by atoms with Crippen molar-refractivity contribution in [1.29, 1.82) is 0 Å². The van der Waals surface area contributed by atoms with Crippen LogP contribution in [0.3, 0.4) is 0 Å². The van der Waals surface area contributed by atoms with E-state index in [9.17, 15) is 4.79 Å². The Morgan fingerprint density at radius 1 is 1.36 bits per heavy atom. The van der Waals surface area contributed by atoms with Crippen LogP contribution >= 0.6 is 12.4 Å². The molecule has 0 spiro atoms. The summed E-state index contributed by atoms with van der Waals surface area (Å²) in [5.41, 5.74) is 2.48. The Hall–Kier alpha value is -1.15. The van der Waals surface area contributed by atoms with Gasteiger partial charge >= 0.3 is 0 Å². The molecule has 2 atom stereocenters. The van der Waals surface area contributed by atoms with Crippen LogP contribution in [0.5, 0.6) is 0 Å². The molecule has 1 amide bonds. The summed E-state index contributed by atoms with van der Waals surface area (Å²) in [6, 6.07) is 0. The van der Waals surface area contributed by atoms with Crippen LogP contribution in [0.25, 0.3) is 0 Å². The fourth-order valence-electron chi connectivity index (χ4n) is 3.58. The van der Waals surface area contributed by atoms with Gasteiger partial charge in [0.2, 0.25) is 0 Å². The first-order valence-corrected chi connectivity index (χ1v) is 8.82. The first kappa shape index (κ1) is 20.2. The average molecular weight is 372 g/mol. The molecule has 2 aliphatic heterocycles. The number of rotatable bonds is 4. The maximum atomic E-state index is 12.6. The zero-order valence-corrected chi connectivity index (χ0v) is 16.3. The summed E-state index contributed by atoms with van der Waals surface area (Å²) in [5.74, 6) is -0.0985. The van der Waals surface area contributed by atoms with Crippen molar-refractivity contribution in [2.24, 2.45) is 0 Å². The highest BCUT2D eigenvalue weighted by Crippen LogP contribution is 2.21. The molecular formula is C17H30ClN5O2. The Bertz CT molecular complexity index is 594. The predicted molar refractivity (Wildman–Crippen MR) is 99.2 cm³/mol. The van der Waals surface area contributed by atoms with Gasteiger partial charge in [-0.3, -0.25) is 14.8 Å². The lowest BCUT2D eigenvalue weighted by Crippen LogP contribution is -2.58. The monoisotopic (exact) mass is 371 g/mol. The van der Waals surface area contributed by atoms with Crippen LogP contribution in [0.2, 0.25) is 0 Å². The third-order valence-electron chi connectivity index (χ3n) is 4.98. The zero-order valence-electron chi connectivity index (χ0n) is 15.5. The van der Waals surface area contributed by atoms with Crippen LogP contribution in [0.15, 0.2) is 0 Å². The van der Waals surface area contributed by atoms with Gasteiger partial charge in [0.25, 0.3) is 5.91 Å². The van der Waals surface area contributed by atoms with E-state index in [4.69, 9.17) is 4.74 Å². The van der Waals surface area contributed by atoms with Crippen molar-refractivity contribution in [3.63, 3.8) is 0 Å². The maximum Gasteiger partial charge on any atom is 0.272 e. The van der Waals surface area contributed by atoms with Gasteiger partial charge < -0.3 is 15.4 Å². The number of hydrogen-bond acceptors (Lipinski definition) is 5. The molecule has 25 heavy (non-hydrogen) atoms. The van der Waals surface area contributed by atoms with Crippen LogP contribution in [0.4, 0.5) is 0 Å². The zero-order chi connectivity index (χ0) is 17.3. The molecule has 0 bridgehead atoms. The van der Waals surface area contributed by atoms with Gasteiger partial charge in [0.1, 0.15) is 0 Å². The van der Waals surface area contributed by atoms with Gasteiger partial charge in [-0.1, -0.05) is 0 Å². The maximum absolute atomic E-state index is 12.6. The normalized spacial score (nSPS) is 24.3. The molecule has 3 N–H and O–H groups in total. The minimum atomic E-state index is -0.128. The van der Waals surface area contributed by atoms with E-state index in [-0.39, 0.29) is 36.1 Å². The number of H-pyrrole nitrogens is 1. The van der Waals surface area contributed by atoms with Gasteiger partial charge in [0.05, 0.1) is 12.2 Å². The van der Waals surface area contributed by atoms with Crippen LogP contribution in [-0.2, 0) is 17.7 Å². The minimum absolute atomic E-state index is 0. The van der Waals surface area contributed by atoms with Crippen LogP contribution in [-0.4, -0.2) is 64.9 Å². The fraction of sp³-hybridized carbons (Fsp3) is 0.765. The van der Waals surface area contributed by atoms with E-state index in [0.29, 0.717) is 18.8 Å². The van der Waals surface area contributed by atoms with E-state index >= 15 is 0 Å². The number of aromatic nitrogens is 2. The van der Waals surface area contributed by atoms with Crippen molar-refractivity contribution in [1.82, 2.24) is 25.7 Å². The first-order chi connectivity index (χ1) is 11.4. The number of ether oxygens (including phenoxy) is 1. The smallest absolute Gasteiger partial charge is 0.272 e.